The summed E-state index contributed by atoms with van der Waals surface area (Å²) in [6.07, 6.45) is 2.22. The molecule has 29 heavy (non-hydrogen) atoms. The first-order valence-corrected chi connectivity index (χ1v) is 9.86. The maximum Gasteiger partial charge on any atom is 0.306 e. The molecular formula is C21H25N5O3. The molecule has 1 saturated carbocycles. The second-order valence-corrected chi connectivity index (χ2v) is 7.87. The molecule has 8 heteroatoms. The second kappa shape index (κ2) is 7.44. The van der Waals surface area contributed by atoms with E-state index in [-0.39, 0.29) is 17.5 Å². The van der Waals surface area contributed by atoms with Gasteiger partial charge >= 0.3 is 5.97 Å². The molecule has 1 aliphatic heterocycles. The van der Waals surface area contributed by atoms with E-state index in [1.807, 2.05) is 24.8 Å². The van der Waals surface area contributed by atoms with Crippen molar-refractivity contribution in [2.75, 3.05) is 18.0 Å². The Kier molecular flexibility index (Phi) is 4.96. The van der Waals surface area contributed by atoms with Crippen molar-refractivity contribution >= 4 is 29.7 Å². The molecule has 1 aromatic heterocycles. The molecule has 0 saturated heterocycles. The molecule has 1 fully saturated rings. The molecule has 0 radical (unpaired) electrons. The number of carboxylic acid groups (broad SMARTS) is 1. The summed E-state index contributed by atoms with van der Waals surface area (Å²) >= 11 is 0. The van der Waals surface area contributed by atoms with E-state index in [4.69, 9.17) is 0 Å². The Morgan fingerprint density at radius 2 is 2.10 bits per heavy atom. The summed E-state index contributed by atoms with van der Waals surface area (Å²) in [7, 11) is 0. The minimum atomic E-state index is -0.716. The molecule has 1 aromatic carbocycles. The first-order chi connectivity index (χ1) is 13.8. The van der Waals surface area contributed by atoms with E-state index < -0.39 is 5.97 Å². The Labute approximate surface area is 168 Å². The lowest BCUT2D eigenvalue weighted by Crippen LogP contribution is -2.44. The second-order valence-electron chi connectivity index (χ2n) is 7.87. The smallest absolute Gasteiger partial charge is 0.306 e. The fourth-order valence-electron chi connectivity index (χ4n) is 4.11. The van der Waals surface area contributed by atoms with Crippen LogP contribution < -0.4 is 26.6 Å². The fraction of sp³-hybridized carbons (Fsp3) is 0.429. The molecule has 2 aromatic rings. The van der Waals surface area contributed by atoms with Gasteiger partial charge in [0.2, 0.25) is 0 Å². The highest BCUT2D eigenvalue weighted by Crippen LogP contribution is 2.36. The van der Waals surface area contributed by atoms with Crippen LogP contribution in [0.2, 0.25) is 0 Å². The van der Waals surface area contributed by atoms with Crippen molar-refractivity contribution in [2.24, 2.45) is 10.9 Å². The summed E-state index contributed by atoms with van der Waals surface area (Å²) in [5, 5.41) is 12.9. The number of aromatic amines is 1. The van der Waals surface area contributed by atoms with Gasteiger partial charge in [-0.1, -0.05) is 6.58 Å². The van der Waals surface area contributed by atoms with Gasteiger partial charge in [0, 0.05) is 19.1 Å². The van der Waals surface area contributed by atoms with Crippen LogP contribution in [0.3, 0.4) is 0 Å². The number of carboxylic acids is 1. The van der Waals surface area contributed by atoms with Crippen molar-refractivity contribution in [1.29, 1.82) is 0 Å². The maximum absolute atomic E-state index is 12.4. The van der Waals surface area contributed by atoms with E-state index >= 15 is 0 Å². The van der Waals surface area contributed by atoms with Gasteiger partial charge in [-0.05, 0) is 56.4 Å². The predicted octanol–water partition coefficient (Wildman–Crippen LogP) is 1.04. The van der Waals surface area contributed by atoms with Crippen LogP contribution in [0.15, 0.2) is 21.9 Å². The number of hydrogen-bond acceptors (Lipinski definition) is 6. The van der Waals surface area contributed by atoms with E-state index in [0.29, 0.717) is 42.6 Å². The molecule has 4 rings (SSSR count). The number of aryl methyl sites for hydroxylation is 2. The molecule has 0 bridgehead atoms. The van der Waals surface area contributed by atoms with Crippen LogP contribution in [0.4, 0.5) is 17.2 Å². The number of aromatic nitrogens is 2. The summed E-state index contributed by atoms with van der Waals surface area (Å²) in [4.78, 5) is 37.3. The van der Waals surface area contributed by atoms with E-state index in [2.05, 4.69) is 32.9 Å². The average Bonchev–Trinajstić information content (AvgIpc) is 3.13. The lowest BCUT2D eigenvalue weighted by atomic mass is 10.1. The molecule has 2 aliphatic rings. The number of nitrogens with zero attached hydrogens (tertiary/aromatic N) is 3. The van der Waals surface area contributed by atoms with Crippen molar-refractivity contribution in [1.82, 2.24) is 15.3 Å². The highest BCUT2D eigenvalue weighted by molar-refractivity contribution is 5.77. The number of anilines is 2. The van der Waals surface area contributed by atoms with Crippen LogP contribution in [0.1, 0.15) is 30.4 Å². The quantitative estimate of drug-likeness (QED) is 0.698. The lowest BCUT2D eigenvalue weighted by Gasteiger charge is -2.29. The molecular weight excluding hydrogens is 370 g/mol. The van der Waals surface area contributed by atoms with E-state index in [0.717, 1.165) is 28.9 Å². The molecule has 8 nitrogen and oxygen atoms in total. The Bertz CT molecular complexity index is 1140. The highest BCUT2D eigenvalue weighted by Gasteiger charge is 2.30. The topological polar surface area (TPSA) is 111 Å². The summed E-state index contributed by atoms with van der Waals surface area (Å²) in [5.41, 5.74) is 3.90. The van der Waals surface area contributed by atoms with E-state index in [1.165, 1.54) is 0 Å². The molecule has 1 aliphatic carbocycles. The molecule has 3 N–H and O–H groups in total. The molecule has 152 valence electrons. The largest absolute Gasteiger partial charge is 0.481 e. The van der Waals surface area contributed by atoms with Crippen molar-refractivity contribution in [3.63, 3.8) is 0 Å². The molecule has 2 heterocycles. The molecule has 0 amide bonds. The zero-order chi connectivity index (χ0) is 20.7. The first kappa shape index (κ1) is 19.3. The van der Waals surface area contributed by atoms with Crippen LogP contribution in [0.5, 0.6) is 0 Å². The Hall–Kier alpha value is -3.00. The highest BCUT2D eigenvalue weighted by atomic mass is 16.4. The van der Waals surface area contributed by atoms with Gasteiger partial charge in [0.15, 0.2) is 11.2 Å². The standard InChI is InChI=1S/C21H25N5O3/c1-11-8-16-17(9-12(11)2)26(19-18(25-16)20(27)24-13(3)23-19)7-6-22-15-5-4-14(10-15)21(28)29/h8-9,14-15,22H,3-7,10H2,1-2H3,(H,24,27)(H,28,29)/t14-,15+/m1/s1. The zero-order valence-corrected chi connectivity index (χ0v) is 16.7. The van der Waals surface area contributed by atoms with Gasteiger partial charge in [-0.25, -0.2) is 9.98 Å². The number of benzene rings is 1. The number of H-pyrrole nitrogens is 1. The SMILES string of the molecule is C=c1nc2c(c(=O)[nH]1)=Nc1cc(C)c(C)cc1N2CCN[C@H]1CC[C@@H](C(=O)O)C1. The summed E-state index contributed by atoms with van der Waals surface area (Å²) in [6.45, 7) is 9.07. The van der Waals surface area contributed by atoms with Crippen molar-refractivity contribution in [3.05, 3.63) is 44.5 Å². The number of fused-ring (bicyclic) bond motifs is 2. The third-order valence-corrected chi connectivity index (χ3v) is 5.85. The van der Waals surface area contributed by atoms with Crippen LogP contribution in [-0.2, 0) is 4.79 Å². The molecule has 0 spiro atoms. The fourth-order valence-corrected chi connectivity index (χ4v) is 4.11. The van der Waals surface area contributed by atoms with Crippen molar-refractivity contribution in [2.45, 2.75) is 39.2 Å². The zero-order valence-electron chi connectivity index (χ0n) is 16.7. The van der Waals surface area contributed by atoms with Gasteiger partial charge in [-0.2, -0.15) is 0 Å². The predicted molar refractivity (Wildman–Crippen MR) is 111 cm³/mol. The van der Waals surface area contributed by atoms with Gasteiger partial charge in [0.25, 0.3) is 5.56 Å². The normalized spacial score (nSPS) is 20.1. The maximum atomic E-state index is 12.4. The third kappa shape index (κ3) is 3.67. The van der Waals surface area contributed by atoms with Crippen LogP contribution in [-0.4, -0.2) is 40.2 Å². The molecule has 2 atom stereocenters. The van der Waals surface area contributed by atoms with E-state index in [1.54, 1.807) is 0 Å². The van der Waals surface area contributed by atoms with Crippen LogP contribution >= 0.6 is 0 Å². The Morgan fingerprint density at radius 1 is 1.34 bits per heavy atom. The lowest BCUT2D eigenvalue weighted by molar-refractivity contribution is -0.141. The van der Waals surface area contributed by atoms with Crippen LogP contribution in [0.25, 0.3) is 6.58 Å². The van der Waals surface area contributed by atoms with Crippen molar-refractivity contribution in [3.8, 4) is 0 Å². The minimum absolute atomic E-state index is 0.194. The number of nitrogens with one attached hydrogen (secondary N) is 2. The van der Waals surface area contributed by atoms with Gasteiger partial charge < -0.3 is 20.3 Å². The third-order valence-electron chi connectivity index (χ3n) is 5.85. The first-order valence-electron chi connectivity index (χ1n) is 9.86. The summed E-state index contributed by atoms with van der Waals surface area (Å²) in [6, 6.07) is 4.25. The number of hydrogen-bond donors (Lipinski definition) is 3. The molecule has 0 unspecified atom stereocenters. The minimum Gasteiger partial charge on any atom is -0.481 e. The van der Waals surface area contributed by atoms with Gasteiger partial charge in [-0.15, -0.1) is 0 Å². The monoisotopic (exact) mass is 395 g/mol. The summed E-state index contributed by atoms with van der Waals surface area (Å²) in [5.74, 6) is -0.472. The van der Waals surface area contributed by atoms with Gasteiger partial charge in [-0.3, -0.25) is 9.59 Å². The van der Waals surface area contributed by atoms with E-state index in [9.17, 15) is 14.7 Å². The number of carbonyl (C=O) groups is 1. The summed E-state index contributed by atoms with van der Waals surface area (Å²) < 4.78 is 0. The Morgan fingerprint density at radius 3 is 2.83 bits per heavy atom. The van der Waals surface area contributed by atoms with Gasteiger partial charge in [0.1, 0.15) is 5.48 Å². The van der Waals surface area contributed by atoms with Crippen molar-refractivity contribution < 1.29 is 9.90 Å². The number of rotatable bonds is 5. The van der Waals surface area contributed by atoms with Gasteiger partial charge in [0.05, 0.1) is 17.3 Å². The van der Waals surface area contributed by atoms with Crippen LogP contribution in [0, 0.1) is 19.8 Å². The average molecular weight is 395 g/mol. The number of aliphatic carboxylic acids is 1. The Balaban J connectivity index is 1.62.